The second kappa shape index (κ2) is 6.62. The Bertz CT molecular complexity index is 366. The van der Waals surface area contributed by atoms with E-state index in [1.165, 1.54) is 31.2 Å². The minimum absolute atomic E-state index is 0. The summed E-state index contributed by atoms with van der Waals surface area (Å²) in [7, 11) is 1.68. The van der Waals surface area contributed by atoms with E-state index in [0.29, 0.717) is 5.92 Å². The van der Waals surface area contributed by atoms with Crippen molar-refractivity contribution in [3.05, 3.63) is 28.2 Å². The number of rotatable bonds is 3. The van der Waals surface area contributed by atoms with Gasteiger partial charge in [-0.25, -0.2) is 0 Å². The molecule has 96 valence electrons. The molecule has 0 radical (unpaired) electrons. The average molecular weight is 321 g/mol. The first-order valence-electron chi connectivity index (χ1n) is 5.81. The summed E-state index contributed by atoms with van der Waals surface area (Å²) in [6, 6.07) is 6.31. The molecule has 0 unspecified atom stereocenters. The van der Waals surface area contributed by atoms with Crippen molar-refractivity contribution >= 4 is 28.3 Å². The van der Waals surface area contributed by atoms with Gasteiger partial charge in [0.25, 0.3) is 0 Å². The van der Waals surface area contributed by atoms with E-state index in [4.69, 9.17) is 10.5 Å². The van der Waals surface area contributed by atoms with Gasteiger partial charge in [-0.3, -0.25) is 0 Å². The fraction of sp³-hybridized carbons (Fsp3) is 0.538. The quantitative estimate of drug-likeness (QED) is 0.911. The first kappa shape index (κ1) is 14.8. The van der Waals surface area contributed by atoms with Crippen molar-refractivity contribution in [2.75, 3.05) is 7.11 Å². The lowest BCUT2D eigenvalue weighted by Gasteiger charge is -2.19. The molecule has 0 saturated heterocycles. The van der Waals surface area contributed by atoms with Crippen molar-refractivity contribution in [3.63, 3.8) is 0 Å². The van der Waals surface area contributed by atoms with Crippen molar-refractivity contribution in [1.29, 1.82) is 0 Å². The summed E-state index contributed by atoms with van der Waals surface area (Å²) in [5.74, 6) is 1.52. The summed E-state index contributed by atoms with van der Waals surface area (Å²) in [6.07, 6.45) is 5.20. The maximum atomic E-state index is 6.30. The van der Waals surface area contributed by atoms with E-state index in [2.05, 4.69) is 28.1 Å². The molecule has 1 fully saturated rings. The number of ether oxygens (including phenoxy) is 1. The number of benzene rings is 1. The molecule has 4 heteroatoms. The Kier molecular flexibility index (Phi) is 5.77. The highest BCUT2D eigenvalue weighted by molar-refractivity contribution is 9.10. The van der Waals surface area contributed by atoms with Crippen LogP contribution in [0, 0.1) is 5.92 Å². The van der Waals surface area contributed by atoms with Crippen LogP contribution in [0.5, 0.6) is 5.75 Å². The molecule has 0 heterocycles. The Balaban J connectivity index is 0.00000144. The van der Waals surface area contributed by atoms with E-state index < -0.39 is 0 Å². The molecule has 2 nitrogen and oxygen atoms in total. The topological polar surface area (TPSA) is 35.2 Å². The zero-order chi connectivity index (χ0) is 11.5. The second-order valence-corrected chi connectivity index (χ2v) is 5.32. The first-order chi connectivity index (χ1) is 7.72. The number of methoxy groups -OCH3 is 1. The third-order valence-electron chi connectivity index (χ3n) is 3.47. The standard InChI is InChI=1S/C13H18BrNO.ClH/c1-16-12-7-6-10(8-11(12)14)13(15)9-4-2-3-5-9;/h6-9,13H,2-5,15H2,1H3;1H/t13-;/m0./s1. The van der Waals surface area contributed by atoms with Crippen molar-refractivity contribution < 1.29 is 4.74 Å². The van der Waals surface area contributed by atoms with Crippen LogP contribution in [-0.2, 0) is 0 Å². The van der Waals surface area contributed by atoms with E-state index in [0.717, 1.165) is 10.2 Å². The largest absolute Gasteiger partial charge is 0.496 e. The van der Waals surface area contributed by atoms with Crippen molar-refractivity contribution in [2.45, 2.75) is 31.7 Å². The van der Waals surface area contributed by atoms with Crippen LogP contribution in [0.3, 0.4) is 0 Å². The van der Waals surface area contributed by atoms with E-state index in [-0.39, 0.29) is 18.4 Å². The fourth-order valence-corrected chi connectivity index (χ4v) is 3.04. The highest BCUT2D eigenvalue weighted by Crippen LogP contribution is 2.36. The van der Waals surface area contributed by atoms with Crippen molar-refractivity contribution in [3.8, 4) is 5.75 Å². The molecule has 1 saturated carbocycles. The van der Waals surface area contributed by atoms with E-state index >= 15 is 0 Å². The van der Waals surface area contributed by atoms with Crippen LogP contribution in [0.2, 0.25) is 0 Å². The van der Waals surface area contributed by atoms with Crippen LogP contribution in [0.15, 0.2) is 22.7 Å². The number of hydrogen-bond donors (Lipinski definition) is 1. The van der Waals surface area contributed by atoms with Crippen LogP contribution in [0.4, 0.5) is 0 Å². The van der Waals surface area contributed by atoms with Gasteiger partial charge in [0.2, 0.25) is 0 Å². The molecule has 1 aliphatic carbocycles. The van der Waals surface area contributed by atoms with Gasteiger partial charge in [0.15, 0.2) is 0 Å². The van der Waals surface area contributed by atoms with E-state index in [1.807, 2.05) is 6.07 Å². The van der Waals surface area contributed by atoms with Crippen LogP contribution in [-0.4, -0.2) is 7.11 Å². The van der Waals surface area contributed by atoms with Gasteiger partial charge in [0, 0.05) is 6.04 Å². The molecule has 1 aromatic rings. The van der Waals surface area contributed by atoms with Gasteiger partial charge < -0.3 is 10.5 Å². The Morgan fingerprint density at radius 3 is 2.53 bits per heavy atom. The molecule has 0 bridgehead atoms. The first-order valence-corrected chi connectivity index (χ1v) is 6.60. The smallest absolute Gasteiger partial charge is 0.133 e. The predicted octanol–water partition coefficient (Wildman–Crippen LogP) is 4.07. The predicted molar refractivity (Wildman–Crippen MR) is 76.8 cm³/mol. The fourth-order valence-electron chi connectivity index (χ4n) is 2.48. The summed E-state index contributed by atoms with van der Waals surface area (Å²) >= 11 is 3.50. The SMILES string of the molecule is COc1ccc([C@@H](N)C2CCCC2)cc1Br.Cl. The van der Waals surface area contributed by atoms with Gasteiger partial charge >= 0.3 is 0 Å². The van der Waals surface area contributed by atoms with Gasteiger partial charge in [-0.1, -0.05) is 18.9 Å². The second-order valence-electron chi connectivity index (χ2n) is 4.46. The minimum Gasteiger partial charge on any atom is -0.496 e. The highest BCUT2D eigenvalue weighted by Gasteiger charge is 2.23. The maximum Gasteiger partial charge on any atom is 0.133 e. The number of hydrogen-bond acceptors (Lipinski definition) is 2. The minimum atomic E-state index is 0. The number of halogens is 2. The highest BCUT2D eigenvalue weighted by atomic mass is 79.9. The summed E-state index contributed by atoms with van der Waals surface area (Å²) in [5.41, 5.74) is 7.51. The van der Waals surface area contributed by atoms with E-state index in [9.17, 15) is 0 Å². The molecule has 0 aromatic heterocycles. The molecule has 0 amide bonds. The molecule has 1 aliphatic rings. The monoisotopic (exact) mass is 319 g/mol. The molecule has 17 heavy (non-hydrogen) atoms. The molecule has 2 N–H and O–H groups in total. The third kappa shape index (κ3) is 3.36. The molecule has 0 spiro atoms. The Morgan fingerprint density at radius 2 is 2.00 bits per heavy atom. The van der Waals surface area contributed by atoms with Crippen molar-refractivity contribution in [1.82, 2.24) is 0 Å². The average Bonchev–Trinajstić information content (AvgIpc) is 2.81. The number of nitrogens with two attached hydrogens (primary N) is 1. The van der Waals surface area contributed by atoms with Gasteiger partial charge in [-0.15, -0.1) is 12.4 Å². The third-order valence-corrected chi connectivity index (χ3v) is 4.09. The van der Waals surface area contributed by atoms with E-state index in [1.54, 1.807) is 7.11 Å². The lowest BCUT2D eigenvalue weighted by molar-refractivity contribution is 0.410. The van der Waals surface area contributed by atoms with Crippen LogP contribution in [0.25, 0.3) is 0 Å². The Morgan fingerprint density at radius 1 is 1.35 bits per heavy atom. The molecular weight excluding hydrogens is 302 g/mol. The summed E-state index contributed by atoms with van der Waals surface area (Å²) in [6.45, 7) is 0. The van der Waals surface area contributed by atoms with Crippen LogP contribution >= 0.6 is 28.3 Å². The van der Waals surface area contributed by atoms with Crippen LogP contribution in [0.1, 0.15) is 37.3 Å². The normalized spacial score (nSPS) is 17.6. The summed E-state index contributed by atoms with van der Waals surface area (Å²) in [4.78, 5) is 0. The zero-order valence-corrected chi connectivity index (χ0v) is 12.4. The van der Waals surface area contributed by atoms with Crippen molar-refractivity contribution in [2.24, 2.45) is 11.7 Å². The molecular formula is C13H19BrClNO. The van der Waals surface area contributed by atoms with Crippen LogP contribution < -0.4 is 10.5 Å². The molecule has 1 aromatic carbocycles. The Labute approximate surface area is 117 Å². The molecule has 2 rings (SSSR count). The van der Waals surface area contributed by atoms with Gasteiger partial charge in [-0.2, -0.15) is 0 Å². The maximum absolute atomic E-state index is 6.30. The summed E-state index contributed by atoms with van der Waals surface area (Å²) in [5, 5.41) is 0. The summed E-state index contributed by atoms with van der Waals surface area (Å²) < 4.78 is 6.20. The zero-order valence-electron chi connectivity index (χ0n) is 9.99. The lowest BCUT2D eigenvalue weighted by Crippen LogP contribution is -2.19. The van der Waals surface area contributed by atoms with Gasteiger partial charge in [0.1, 0.15) is 5.75 Å². The van der Waals surface area contributed by atoms with Gasteiger partial charge in [0.05, 0.1) is 11.6 Å². The lowest BCUT2D eigenvalue weighted by atomic mass is 9.92. The molecule has 0 aliphatic heterocycles. The Hall–Kier alpha value is -0.250. The van der Waals surface area contributed by atoms with Gasteiger partial charge in [-0.05, 0) is 52.4 Å². The molecule has 1 atom stereocenters.